The molecule has 0 saturated carbocycles. The number of nitrogens with one attached hydrogen (secondary N) is 3. The van der Waals surface area contributed by atoms with E-state index in [-0.39, 0.29) is 11.5 Å². The van der Waals surface area contributed by atoms with Crippen LogP contribution in [-0.4, -0.2) is 35.2 Å². The molecule has 1 aliphatic heterocycles. The summed E-state index contributed by atoms with van der Waals surface area (Å²) >= 11 is 0. The summed E-state index contributed by atoms with van der Waals surface area (Å²) < 4.78 is 12.7. The molecule has 2 aromatic heterocycles. The molecule has 1 saturated heterocycles. The standard InChI is InChI=1S/C34H39N5O3/c1-34(2,3)28-10-4-5-12-30(28)42-32-29(11-8-20-37-32)39-33(40)38-25-13-15-27(16-14-25)41-31(24-17-21-35-22-18-24)23-26-9-6-7-19-36-26/h4-16,19-20,24,31,35H,17-18,21-23H2,1-3H3,(H2,38,39,40). The Morgan fingerprint density at radius 3 is 2.38 bits per heavy atom. The van der Waals surface area contributed by atoms with Crippen molar-refractivity contribution in [3.63, 3.8) is 0 Å². The van der Waals surface area contributed by atoms with Crippen molar-refractivity contribution in [2.45, 2.75) is 51.6 Å². The lowest BCUT2D eigenvalue weighted by molar-refractivity contribution is 0.111. The first-order valence-corrected chi connectivity index (χ1v) is 14.5. The van der Waals surface area contributed by atoms with E-state index in [2.05, 4.69) is 46.7 Å². The van der Waals surface area contributed by atoms with Crippen molar-refractivity contribution >= 4 is 17.4 Å². The summed E-state index contributed by atoms with van der Waals surface area (Å²) in [5.41, 5.74) is 3.08. The van der Waals surface area contributed by atoms with Crippen molar-refractivity contribution in [1.29, 1.82) is 0 Å². The third-order valence-corrected chi connectivity index (χ3v) is 7.37. The van der Waals surface area contributed by atoms with Gasteiger partial charge in [-0.2, -0.15) is 0 Å². The van der Waals surface area contributed by atoms with Crippen molar-refractivity contribution in [2.75, 3.05) is 23.7 Å². The Morgan fingerprint density at radius 1 is 0.905 bits per heavy atom. The fourth-order valence-corrected chi connectivity index (χ4v) is 5.17. The Balaban J connectivity index is 1.22. The van der Waals surface area contributed by atoms with Gasteiger partial charge in [-0.25, -0.2) is 9.78 Å². The summed E-state index contributed by atoms with van der Waals surface area (Å²) in [5.74, 6) is 2.24. The van der Waals surface area contributed by atoms with Crippen LogP contribution < -0.4 is 25.4 Å². The van der Waals surface area contributed by atoms with Gasteiger partial charge >= 0.3 is 6.03 Å². The molecule has 2 aromatic carbocycles. The molecule has 3 N–H and O–H groups in total. The summed E-state index contributed by atoms with van der Waals surface area (Å²) in [7, 11) is 0. The van der Waals surface area contributed by atoms with E-state index in [1.54, 1.807) is 18.3 Å². The van der Waals surface area contributed by atoms with Crippen LogP contribution in [0.1, 0.15) is 44.9 Å². The number of piperidine rings is 1. The maximum Gasteiger partial charge on any atom is 0.323 e. The van der Waals surface area contributed by atoms with Gasteiger partial charge in [0.15, 0.2) is 0 Å². The smallest absolute Gasteiger partial charge is 0.323 e. The van der Waals surface area contributed by atoms with Gasteiger partial charge in [-0.15, -0.1) is 0 Å². The lowest BCUT2D eigenvalue weighted by Crippen LogP contribution is -2.38. The second kappa shape index (κ2) is 13.5. The van der Waals surface area contributed by atoms with E-state index in [1.165, 1.54) is 0 Å². The Kier molecular flexibility index (Phi) is 9.34. The lowest BCUT2D eigenvalue weighted by Gasteiger charge is -2.31. The van der Waals surface area contributed by atoms with Crippen molar-refractivity contribution in [2.24, 2.45) is 5.92 Å². The van der Waals surface area contributed by atoms with Crippen molar-refractivity contribution in [1.82, 2.24) is 15.3 Å². The lowest BCUT2D eigenvalue weighted by atomic mass is 9.86. The van der Waals surface area contributed by atoms with E-state index in [1.807, 2.05) is 72.9 Å². The van der Waals surface area contributed by atoms with Gasteiger partial charge in [0.25, 0.3) is 0 Å². The number of pyridine rings is 2. The van der Waals surface area contributed by atoms with Gasteiger partial charge in [-0.1, -0.05) is 45.0 Å². The largest absolute Gasteiger partial charge is 0.490 e. The number of hydrogen-bond acceptors (Lipinski definition) is 6. The van der Waals surface area contributed by atoms with Gasteiger partial charge in [-0.05, 0) is 91.9 Å². The summed E-state index contributed by atoms with van der Waals surface area (Å²) in [5, 5.41) is 9.20. The van der Waals surface area contributed by atoms with Gasteiger partial charge in [0.1, 0.15) is 23.3 Å². The molecule has 5 rings (SSSR count). The molecule has 0 bridgehead atoms. The van der Waals surface area contributed by atoms with Crippen molar-refractivity contribution in [3.8, 4) is 17.4 Å². The number of carbonyl (C=O) groups excluding carboxylic acids is 1. The zero-order valence-corrected chi connectivity index (χ0v) is 24.5. The third kappa shape index (κ3) is 7.85. The van der Waals surface area contributed by atoms with Crippen LogP contribution in [0.3, 0.4) is 0 Å². The second-order valence-electron chi connectivity index (χ2n) is 11.6. The fourth-order valence-electron chi connectivity index (χ4n) is 5.17. The Hall–Kier alpha value is -4.43. The van der Waals surface area contributed by atoms with E-state index < -0.39 is 6.03 Å². The maximum absolute atomic E-state index is 12.9. The molecule has 4 aromatic rings. The Bertz CT molecular complexity index is 1450. The number of carbonyl (C=O) groups is 1. The molecule has 0 spiro atoms. The first kappa shape index (κ1) is 29.1. The first-order chi connectivity index (χ1) is 20.3. The number of para-hydroxylation sites is 1. The molecule has 8 nitrogen and oxygen atoms in total. The molecule has 0 aliphatic carbocycles. The first-order valence-electron chi connectivity index (χ1n) is 14.5. The monoisotopic (exact) mass is 565 g/mol. The highest BCUT2D eigenvalue weighted by Gasteiger charge is 2.26. The van der Waals surface area contributed by atoms with Gasteiger partial charge in [-0.3, -0.25) is 4.98 Å². The van der Waals surface area contributed by atoms with Gasteiger partial charge in [0.05, 0.1) is 0 Å². The number of nitrogens with zero attached hydrogens (tertiary/aromatic N) is 2. The van der Waals surface area contributed by atoms with Crippen LogP contribution in [-0.2, 0) is 11.8 Å². The minimum absolute atomic E-state index is 0.0246. The minimum atomic E-state index is -0.395. The SMILES string of the molecule is CC(C)(C)c1ccccc1Oc1ncccc1NC(=O)Nc1ccc(OC(Cc2ccccn2)C2CCNCC2)cc1. The second-order valence-corrected chi connectivity index (χ2v) is 11.6. The van der Waals surface area contributed by atoms with Crippen molar-refractivity contribution in [3.05, 3.63) is 103 Å². The average Bonchev–Trinajstić information content (AvgIpc) is 2.99. The minimum Gasteiger partial charge on any atom is -0.490 e. The van der Waals surface area contributed by atoms with Gasteiger partial charge < -0.3 is 25.4 Å². The predicted molar refractivity (Wildman–Crippen MR) is 166 cm³/mol. The van der Waals surface area contributed by atoms with Crippen LogP contribution in [0, 0.1) is 5.92 Å². The number of rotatable bonds is 9. The Labute approximate surface area is 247 Å². The van der Waals surface area contributed by atoms with Crippen LogP contribution in [0.4, 0.5) is 16.2 Å². The molecule has 1 fully saturated rings. The van der Waals surface area contributed by atoms with Crippen molar-refractivity contribution < 1.29 is 14.3 Å². The van der Waals surface area contributed by atoms with Crippen LogP contribution in [0.25, 0.3) is 0 Å². The number of hydrogen-bond donors (Lipinski definition) is 3. The van der Waals surface area contributed by atoms with Crippen LogP contribution in [0.15, 0.2) is 91.3 Å². The van der Waals surface area contributed by atoms with Gasteiger partial charge in [0.2, 0.25) is 5.88 Å². The summed E-state index contributed by atoms with van der Waals surface area (Å²) in [6, 6.07) is 24.5. The fraction of sp³-hybridized carbons (Fsp3) is 0.324. The zero-order valence-electron chi connectivity index (χ0n) is 24.5. The highest BCUT2D eigenvalue weighted by atomic mass is 16.5. The summed E-state index contributed by atoms with van der Waals surface area (Å²) in [6.07, 6.45) is 6.38. The molecule has 1 atom stereocenters. The van der Waals surface area contributed by atoms with E-state index in [0.717, 1.165) is 49.4 Å². The highest BCUT2D eigenvalue weighted by molar-refractivity contribution is 6.00. The molecular weight excluding hydrogens is 526 g/mol. The molecule has 1 aliphatic rings. The number of anilines is 2. The molecule has 8 heteroatoms. The van der Waals surface area contributed by atoms with E-state index in [4.69, 9.17) is 9.47 Å². The summed E-state index contributed by atoms with van der Waals surface area (Å²) in [4.78, 5) is 21.8. The zero-order chi connectivity index (χ0) is 29.4. The van der Waals surface area contributed by atoms with E-state index >= 15 is 0 Å². The molecule has 2 amide bonds. The normalized spacial score (nSPS) is 14.5. The number of ether oxygens (including phenoxy) is 2. The third-order valence-electron chi connectivity index (χ3n) is 7.37. The topological polar surface area (TPSA) is 97.4 Å². The van der Waals surface area contributed by atoms with Gasteiger partial charge in [0, 0.05) is 35.8 Å². The number of benzene rings is 2. The summed E-state index contributed by atoms with van der Waals surface area (Å²) in [6.45, 7) is 8.38. The van der Waals surface area contributed by atoms with Crippen LogP contribution >= 0.6 is 0 Å². The average molecular weight is 566 g/mol. The molecule has 218 valence electrons. The van der Waals surface area contributed by atoms with Crippen LogP contribution in [0.5, 0.6) is 17.4 Å². The molecule has 42 heavy (non-hydrogen) atoms. The number of urea groups is 1. The number of aromatic nitrogens is 2. The highest BCUT2D eigenvalue weighted by Crippen LogP contribution is 2.35. The molecule has 3 heterocycles. The van der Waals surface area contributed by atoms with E-state index in [0.29, 0.717) is 28.9 Å². The maximum atomic E-state index is 12.9. The Morgan fingerprint density at radius 2 is 1.64 bits per heavy atom. The molecule has 0 radical (unpaired) electrons. The molecular formula is C34H39N5O3. The van der Waals surface area contributed by atoms with E-state index in [9.17, 15) is 4.79 Å². The van der Waals surface area contributed by atoms with Crippen LogP contribution in [0.2, 0.25) is 0 Å². The quantitative estimate of drug-likeness (QED) is 0.199. The molecule has 1 unspecified atom stereocenters. The predicted octanol–water partition coefficient (Wildman–Crippen LogP) is 7.20. The number of amides is 2.